The van der Waals surface area contributed by atoms with Crippen molar-refractivity contribution in [1.82, 2.24) is 15.2 Å². The molecule has 0 bridgehead atoms. The Morgan fingerprint density at radius 3 is 2.70 bits per heavy atom. The largest absolute Gasteiger partial charge is 0.350 e. The van der Waals surface area contributed by atoms with Gasteiger partial charge in [0.15, 0.2) is 11.6 Å². The Kier molecular flexibility index (Phi) is 7.13. The molecule has 2 aromatic rings. The predicted octanol–water partition coefficient (Wildman–Crippen LogP) is 2.49. The van der Waals surface area contributed by atoms with Gasteiger partial charge in [-0.15, -0.1) is 12.4 Å². The van der Waals surface area contributed by atoms with E-state index in [0.29, 0.717) is 18.5 Å². The highest BCUT2D eigenvalue weighted by Crippen LogP contribution is 2.27. The van der Waals surface area contributed by atoms with Crippen LogP contribution in [0.4, 0.5) is 8.78 Å². The number of piperidine rings is 1. The molecule has 148 valence electrons. The second-order valence-corrected chi connectivity index (χ2v) is 7.71. The number of amides is 1. The molecule has 27 heavy (non-hydrogen) atoms. The number of nitrogens with one attached hydrogen (secondary N) is 2. The molecule has 0 saturated carbocycles. The maximum Gasteiger partial charge on any atom is 0.308 e. The molecule has 0 radical (unpaired) electrons. The van der Waals surface area contributed by atoms with Crippen LogP contribution in [0.25, 0.3) is 0 Å². The molecule has 3 rings (SSSR count). The first-order valence-electron chi connectivity index (χ1n) is 8.48. The molecule has 0 spiro atoms. The number of hydrogen-bond acceptors (Lipinski definition) is 4. The van der Waals surface area contributed by atoms with Crippen molar-refractivity contribution < 1.29 is 13.6 Å². The van der Waals surface area contributed by atoms with Crippen molar-refractivity contribution in [3.05, 3.63) is 55.6 Å². The van der Waals surface area contributed by atoms with Crippen molar-refractivity contribution in [2.24, 2.45) is 0 Å². The van der Waals surface area contributed by atoms with Crippen LogP contribution in [0.15, 0.2) is 23.0 Å². The lowest BCUT2D eigenvalue weighted by molar-refractivity contribution is -0.122. The van der Waals surface area contributed by atoms with Gasteiger partial charge in [0, 0.05) is 29.1 Å². The number of carbonyl (C=O) groups is 1. The van der Waals surface area contributed by atoms with Gasteiger partial charge >= 0.3 is 4.87 Å². The lowest BCUT2D eigenvalue weighted by atomic mass is 9.86. The highest BCUT2D eigenvalue weighted by molar-refractivity contribution is 7.09. The summed E-state index contributed by atoms with van der Waals surface area (Å²) in [4.78, 5) is 25.2. The number of thiazole rings is 1. The van der Waals surface area contributed by atoms with Crippen molar-refractivity contribution in [1.29, 1.82) is 0 Å². The number of hydrogen-bond donors (Lipinski definition) is 2. The smallest absolute Gasteiger partial charge is 0.308 e. The van der Waals surface area contributed by atoms with Gasteiger partial charge in [-0.2, -0.15) is 0 Å². The topological polar surface area (TPSA) is 63.1 Å². The molecule has 2 unspecified atom stereocenters. The molecule has 2 heterocycles. The summed E-state index contributed by atoms with van der Waals surface area (Å²) in [6.45, 7) is 4.88. The van der Waals surface area contributed by atoms with Gasteiger partial charge in [-0.05, 0) is 44.5 Å². The molecule has 5 nitrogen and oxygen atoms in total. The van der Waals surface area contributed by atoms with Crippen LogP contribution < -0.4 is 15.5 Å². The van der Waals surface area contributed by atoms with E-state index in [2.05, 4.69) is 10.6 Å². The number of carbonyl (C=O) groups excluding carboxylic acids is 1. The summed E-state index contributed by atoms with van der Waals surface area (Å²) in [7, 11) is 0. The highest BCUT2D eigenvalue weighted by atomic mass is 35.5. The van der Waals surface area contributed by atoms with Crippen LogP contribution in [0.3, 0.4) is 0 Å². The van der Waals surface area contributed by atoms with Crippen molar-refractivity contribution in [2.45, 2.75) is 38.8 Å². The third-order valence-electron chi connectivity index (χ3n) is 4.88. The molecule has 1 aliphatic rings. The monoisotopic (exact) mass is 417 g/mol. The normalized spacial score (nSPS) is 19.4. The molecule has 1 saturated heterocycles. The number of benzene rings is 1. The fourth-order valence-electron chi connectivity index (χ4n) is 3.32. The Labute approximate surface area is 166 Å². The number of aromatic nitrogens is 1. The molecule has 1 fully saturated rings. The molecule has 1 amide bonds. The zero-order valence-electron chi connectivity index (χ0n) is 15.1. The average molecular weight is 418 g/mol. The van der Waals surface area contributed by atoms with Gasteiger partial charge in [-0.1, -0.05) is 17.4 Å². The average Bonchev–Trinajstić information content (AvgIpc) is 2.84. The van der Waals surface area contributed by atoms with E-state index in [-0.39, 0.29) is 41.7 Å². The van der Waals surface area contributed by atoms with Gasteiger partial charge in [0.25, 0.3) is 0 Å². The zero-order chi connectivity index (χ0) is 18.8. The lowest BCUT2D eigenvalue weighted by Gasteiger charge is -2.33. The summed E-state index contributed by atoms with van der Waals surface area (Å²) in [5, 5.41) is 6.15. The Morgan fingerprint density at radius 1 is 1.33 bits per heavy atom. The van der Waals surface area contributed by atoms with E-state index in [0.717, 1.165) is 34.5 Å². The number of nitrogens with zero attached hydrogens (tertiary/aromatic N) is 1. The van der Waals surface area contributed by atoms with Crippen LogP contribution >= 0.6 is 23.7 Å². The van der Waals surface area contributed by atoms with Crippen molar-refractivity contribution >= 4 is 29.7 Å². The third kappa shape index (κ3) is 4.75. The van der Waals surface area contributed by atoms with Gasteiger partial charge in [0.2, 0.25) is 5.91 Å². The van der Waals surface area contributed by atoms with Crippen LogP contribution in [0.2, 0.25) is 0 Å². The summed E-state index contributed by atoms with van der Waals surface area (Å²) in [6, 6.07) is 3.62. The van der Waals surface area contributed by atoms with Crippen molar-refractivity contribution in [3.8, 4) is 0 Å². The highest BCUT2D eigenvalue weighted by Gasteiger charge is 2.28. The molecule has 0 aliphatic carbocycles. The molecular weight excluding hydrogens is 396 g/mol. The zero-order valence-corrected chi connectivity index (χ0v) is 16.7. The first-order valence-corrected chi connectivity index (χ1v) is 9.30. The fourth-order valence-corrected chi connectivity index (χ4v) is 4.15. The van der Waals surface area contributed by atoms with Gasteiger partial charge in [-0.25, -0.2) is 8.78 Å². The minimum atomic E-state index is -0.887. The molecular formula is C18H22ClF2N3O2S. The van der Waals surface area contributed by atoms with Crippen LogP contribution in [-0.4, -0.2) is 29.6 Å². The lowest BCUT2D eigenvalue weighted by Crippen LogP contribution is -2.51. The summed E-state index contributed by atoms with van der Waals surface area (Å²) >= 11 is 1.12. The summed E-state index contributed by atoms with van der Waals surface area (Å²) in [5.74, 6) is -2.15. The Morgan fingerprint density at radius 2 is 2.07 bits per heavy atom. The van der Waals surface area contributed by atoms with Crippen LogP contribution in [-0.2, 0) is 11.3 Å². The second-order valence-electron chi connectivity index (χ2n) is 6.54. The minimum Gasteiger partial charge on any atom is -0.350 e. The van der Waals surface area contributed by atoms with E-state index in [1.165, 1.54) is 10.6 Å². The summed E-state index contributed by atoms with van der Waals surface area (Å²) in [5.41, 5.74) is 1.45. The van der Waals surface area contributed by atoms with Crippen LogP contribution in [0, 0.1) is 25.5 Å². The SMILES string of the molecule is Cc1sc(=O)n(CC(=O)NC2CNCCC2c2ccc(F)c(F)c2)c1C.Cl. The van der Waals surface area contributed by atoms with E-state index in [4.69, 9.17) is 0 Å². The van der Waals surface area contributed by atoms with E-state index in [1.807, 2.05) is 13.8 Å². The van der Waals surface area contributed by atoms with Gasteiger partial charge in [0.05, 0.1) is 0 Å². The first kappa shape index (κ1) is 21.5. The van der Waals surface area contributed by atoms with Gasteiger partial charge < -0.3 is 10.6 Å². The molecule has 1 aromatic heterocycles. The molecule has 9 heteroatoms. The van der Waals surface area contributed by atoms with E-state index in [1.54, 1.807) is 6.07 Å². The standard InChI is InChI=1S/C18H21F2N3O2S.ClH/c1-10-11(2)26-18(25)23(10)9-17(24)22-16-8-21-6-5-13(16)12-3-4-14(19)15(20)7-12;/h3-4,7,13,16,21H,5-6,8-9H2,1-2H3,(H,22,24);1H. The second kappa shape index (κ2) is 8.95. The first-order chi connectivity index (χ1) is 12.4. The van der Waals surface area contributed by atoms with E-state index >= 15 is 0 Å². The molecule has 1 aromatic carbocycles. The maximum absolute atomic E-state index is 13.6. The summed E-state index contributed by atoms with van der Waals surface area (Å²) in [6.07, 6.45) is 0.701. The third-order valence-corrected chi connectivity index (χ3v) is 5.87. The van der Waals surface area contributed by atoms with E-state index in [9.17, 15) is 18.4 Å². The molecule has 1 aliphatic heterocycles. The molecule has 2 atom stereocenters. The van der Waals surface area contributed by atoms with Crippen LogP contribution in [0.1, 0.15) is 28.5 Å². The van der Waals surface area contributed by atoms with Crippen LogP contribution in [0.5, 0.6) is 0 Å². The van der Waals surface area contributed by atoms with Crippen molar-refractivity contribution in [3.63, 3.8) is 0 Å². The maximum atomic E-state index is 13.6. The number of rotatable bonds is 4. The number of halogens is 3. The number of aryl methyl sites for hydroxylation is 1. The Hall–Kier alpha value is -1.77. The Bertz CT molecular complexity index is 884. The van der Waals surface area contributed by atoms with Gasteiger partial charge in [0.1, 0.15) is 6.54 Å². The quantitative estimate of drug-likeness (QED) is 0.803. The van der Waals surface area contributed by atoms with E-state index < -0.39 is 11.6 Å². The van der Waals surface area contributed by atoms with Crippen molar-refractivity contribution in [2.75, 3.05) is 13.1 Å². The fraction of sp³-hybridized carbons (Fsp3) is 0.444. The summed E-state index contributed by atoms with van der Waals surface area (Å²) < 4.78 is 28.2. The molecule has 2 N–H and O–H groups in total. The van der Waals surface area contributed by atoms with Gasteiger partial charge in [-0.3, -0.25) is 14.2 Å². The predicted molar refractivity (Wildman–Crippen MR) is 104 cm³/mol. The minimum absolute atomic E-state index is 0. The Balaban J connectivity index is 0.00000261.